The zero-order chi connectivity index (χ0) is 20.5. The van der Waals surface area contributed by atoms with Gasteiger partial charge >= 0.3 is 0 Å². The van der Waals surface area contributed by atoms with E-state index in [0.29, 0.717) is 19.4 Å². The van der Waals surface area contributed by atoms with E-state index in [1.807, 2.05) is 55.5 Å². The van der Waals surface area contributed by atoms with Crippen molar-refractivity contribution in [2.45, 2.75) is 64.0 Å². The lowest BCUT2D eigenvalue weighted by Gasteiger charge is -2.30. The second kappa shape index (κ2) is 10.8. The van der Waals surface area contributed by atoms with Gasteiger partial charge in [-0.1, -0.05) is 73.5 Å². The molecule has 4 nitrogen and oxygen atoms in total. The summed E-state index contributed by atoms with van der Waals surface area (Å²) in [5, 5.41) is 3.15. The summed E-state index contributed by atoms with van der Waals surface area (Å²) < 4.78 is 0. The summed E-state index contributed by atoms with van der Waals surface area (Å²) in [4.78, 5) is 27.7. The van der Waals surface area contributed by atoms with Crippen molar-refractivity contribution in [2.24, 2.45) is 0 Å². The Balaban J connectivity index is 1.63. The minimum atomic E-state index is -0.456. The number of benzene rings is 2. The third-order valence-electron chi connectivity index (χ3n) is 5.82. The van der Waals surface area contributed by atoms with Crippen molar-refractivity contribution in [3.05, 3.63) is 71.8 Å². The Morgan fingerprint density at radius 1 is 0.931 bits per heavy atom. The normalized spacial score (nSPS) is 15.1. The Hall–Kier alpha value is -2.62. The maximum absolute atomic E-state index is 13.1. The van der Waals surface area contributed by atoms with Gasteiger partial charge in [0.25, 0.3) is 0 Å². The Kier molecular flexibility index (Phi) is 7.85. The van der Waals surface area contributed by atoms with Gasteiger partial charge in [0, 0.05) is 19.0 Å². The SMILES string of the molecule is C[C@@H](C(=O)NC1CCCC1)N(CCc1ccccc1)C(=O)CCc1ccccc1. The van der Waals surface area contributed by atoms with Crippen LogP contribution in [0, 0.1) is 0 Å². The molecule has 2 aromatic rings. The third-order valence-corrected chi connectivity index (χ3v) is 5.82. The van der Waals surface area contributed by atoms with Crippen LogP contribution in [0.5, 0.6) is 0 Å². The molecule has 1 aliphatic carbocycles. The summed E-state index contributed by atoms with van der Waals surface area (Å²) in [5.74, 6) is 0.0110. The van der Waals surface area contributed by atoms with Crippen LogP contribution in [0.25, 0.3) is 0 Å². The van der Waals surface area contributed by atoms with E-state index in [9.17, 15) is 9.59 Å². The first-order valence-electron chi connectivity index (χ1n) is 10.8. The lowest BCUT2D eigenvalue weighted by Crippen LogP contribution is -2.50. The molecule has 29 heavy (non-hydrogen) atoms. The molecule has 2 amide bonds. The van der Waals surface area contributed by atoms with Crippen LogP contribution in [0.3, 0.4) is 0 Å². The maximum Gasteiger partial charge on any atom is 0.242 e. The van der Waals surface area contributed by atoms with Crippen molar-refractivity contribution in [2.75, 3.05) is 6.54 Å². The minimum Gasteiger partial charge on any atom is -0.352 e. The largest absolute Gasteiger partial charge is 0.352 e. The predicted octanol–water partition coefficient (Wildman–Crippen LogP) is 4.14. The number of aryl methyl sites for hydroxylation is 1. The van der Waals surface area contributed by atoms with Crippen LogP contribution in [0.15, 0.2) is 60.7 Å². The van der Waals surface area contributed by atoms with Crippen molar-refractivity contribution in [3.63, 3.8) is 0 Å². The number of hydrogen-bond acceptors (Lipinski definition) is 2. The van der Waals surface area contributed by atoms with E-state index < -0.39 is 6.04 Å². The summed E-state index contributed by atoms with van der Waals surface area (Å²) in [5.41, 5.74) is 2.32. The quantitative estimate of drug-likeness (QED) is 0.697. The first kappa shape index (κ1) is 21.1. The molecule has 0 heterocycles. The molecule has 0 saturated heterocycles. The molecule has 2 aromatic carbocycles. The highest BCUT2D eigenvalue weighted by molar-refractivity contribution is 5.87. The fourth-order valence-corrected chi connectivity index (χ4v) is 4.00. The summed E-state index contributed by atoms with van der Waals surface area (Å²) in [6.07, 6.45) is 6.30. The van der Waals surface area contributed by atoms with Crippen molar-refractivity contribution in [3.8, 4) is 0 Å². The number of rotatable bonds is 9. The number of nitrogens with zero attached hydrogens (tertiary/aromatic N) is 1. The Morgan fingerprint density at radius 2 is 1.48 bits per heavy atom. The molecule has 1 aliphatic rings. The Labute approximate surface area is 174 Å². The molecule has 154 valence electrons. The van der Waals surface area contributed by atoms with E-state index in [0.717, 1.165) is 24.8 Å². The molecule has 3 rings (SSSR count). The van der Waals surface area contributed by atoms with Crippen LogP contribution in [0.1, 0.15) is 50.2 Å². The van der Waals surface area contributed by atoms with Crippen molar-refractivity contribution in [1.82, 2.24) is 10.2 Å². The van der Waals surface area contributed by atoms with Gasteiger partial charge in [0.2, 0.25) is 11.8 Å². The fraction of sp³-hybridized carbons (Fsp3) is 0.440. The molecule has 4 heteroatoms. The van der Waals surface area contributed by atoms with Gasteiger partial charge in [0.15, 0.2) is 0 Å². The van der Waals surface area contributed by atoms with E-state index >= 15 is 0 Å². The zero-order valence-corrected chi connectivity index (χ0v) is 17.3. The van der Waals surface area contributed by atoms with Crippen LogP contribution in [0.4, 0.5) is 0 Å². The van der Waals surface area contributed by atoms with Crippen molar-refractivity contribution >= 4 is 11.8 Å². The maximum atomic E-state index is 13.1. The topological polar surface area (TPSA) is 49.4 Å². The molecule has 1 fully saturated rings. The molecule has 0 spiro atoms. The van der Waals surface area contributed by atoms with Gasteiger partial charge in [0.05, 0.1) is 0 Å². The molecule has 0 radical (unpaired) electrons. The van der Waals surface area contributed by atoms with Gasteiger partial charge in [-0.05, 0) is 43.7 Å². The van der Waals surface area contributed by atoms with Gasteiger partial charge in [-0.3, -0.25) is 9.59 Å². The Bertz CT molecular complexity index is 770. The minimum absolute atomic E-state index is 0.0296. The van der Waals surface area contributed by atoms with Crippen molar-refractivity contribution < 1.29 is 9.59 Å². The summed E-state index contributed by atoms with van der Waals surface area (Å²) in [7, 11) is 0. The van der Waals surface area contributed by atoms with E-state index in [4.69, 9.17) is 0 Å². The zero-order valence-electron chi connectivity index (χ0n) is 17.3. The number of carbonyl (C=O) groups excluding carboxylic acids is 2. The highest BCUT2D eigenvalue weighted by atomic mass is 16.2. The van der Waals surface area contributed by atoms with Gasteiger partial charge in [-0.2, -0.15) is 0 Å². The van der Waals surface area contributed by atoms with Crippen molar-refractivity contribution in [1.29, 1.82) is 0 Å². The molecule has 0 bridgehead atoms. The van der Waals surface area contributed by atoms with Crippen LogP contribution in [-0.2, 0) is 22.4 Å². The molecular weight excluding hydrogens is 360 g/mol. The molecule has 1 saturated carbocycles. The highest BCUT2D eigenvalue weighted by Crippen LogP contribution is 2.18. The molecule has 0 aliphatic heterocycles. The van der Waals surface area contributed by atoms with Crippen LogP contribution in [0.2, 0.25) is 0 Å². The van der Waals surface area contributed by atoms with Gasteiger partial charge in [-0.15, -0.1) is 0 Å². The monoisotopic (exact) mass is 392 g/mol. The van der Waals surface area contributed by atoms with Gasteiger partial charge < -0.3 is 10.2 Å². The van der Waals surface area contributed by atoms with E-state index in [1.165, 1.54) is 18.4 Å². The van der Waals surface area contributed by atoms with E-state index in [2.05, 4.69) is 17.4 Å². The third kappa shape index (κ3) is 6.45. The lowest BCUT2D eigenvalue weighted by molar-refractivity contribution is -0.140. The summed E-state index contributed by atoms with van der Waals surface area (Å²) >= 11 is 0. The second-order valence-electron chi connectivity index (χ2n) is 7.97. The van der Waals surface area contributed by atoms with Crippen LogP contribution in [-0.4, -0.2) is 35.3 Å². The van der Waals surface area contributed by atoms with Crippen LogP contribution >= 0.6 is 0 Å². The standard InChI is InChI=1S/C25H32N2O2/c1-20(25(29)26-23-14-8-9-15-23)27(19-18-22-12-6-3-7-13-22)24(28)17-16-21-10-4-2-5-11-21/h2-7,10-13,20,23H,8-9,14-19H2,1H3,(H,26,29)/t20-/m0/s1. The first-order valence-corrected chi connectivity index (χ1v) is 10.8. The number of hydrogen-bond donors (Lipinski definition) is 1. The molecule has 0 aromatic heterocycles. The smallest absolute Gasteiger partial charge is 0.242 e. The van der Waals surface area contributed by atoms with Crippen LogP contribution < -0.4 is 5.32 Å². The molecule has 1 N–H and O–H groups in total. The molecule has 1 atom stereocenters. The lowest BCUT2D eigenvalue weighted by atomic mass is 10.1. The highest BCUT2D eigenvalue weighted by Gasteiger charge is 2.27. The summed E-state index contributed by atoms with van der Waals surface area (Å²) in [6, 6.07) is 20.0. The number of carbonyl (C=O) groups is 2. The van der Waals surface area contributed by atoms with E-state index in [-0.39, 0.29) is 17.9 Å². The Morgan fingerprint density at radius 3 is 2.07 bits per heavy atom. The number of nitrogens with one attached hydrogen (secondary N) is 1. The number of amides is 2. The van der Waals surface area contributed by atoms with Gasteiger partial charge in [-0.25, -0.2) is 0 Å². The predicted molar refractivity (Wildman–Crippen MR) is 116 cm³/mol. The molecule has 0 unspecified atom stereocenters. The average molecular weight is 393 g/mol. The average Bonchev–Trinajstić information content (AvgIpc) is 3.26. The summed E-state index contributed by atoms with van der Waals surface area (Å²) in [6.45, 7) is 2.41. The second-order valence-corrected chi connectivity index (χ2v) is 7.97. The van der Waals surface area contributed by atoms with Gasteiger partial charge in [0.1, 0.15) is 6.04 Å². The first-order chi connectivity index (χ1) is 14.1. The van der Waals surface area contributed by atoms with E-state index in [1.54, 1.807) is 4.90 Å². The molecular formula is C25H32N2O2. The fourth-order valence-electron chi connectivity index (χ4n) is 4.00.